The van der Waals surface area contributed by atoms with Crippen LogP contribution in [0.4, 0.5) is 4.79 Å². The number of likely N-dealkylation sites (tertiary alicyclic amines) is 1. The summed E-state index contributed by atoms with van der Waals surface area (Å²) in [5.41, 5.74) is 7.93. The Labute approximate surface area is 217 Å². The second-order valence-corrected chi connectivity index (χ2v) is 10.9. The lowest BCUT2D eigenvalue weighted by Crippen LogP contribution is -2.46. The molecule has 0 bridgehead atoms. The number of carbonyl (C=O) groups excluding carboxylic acids is 2. The summed E-state index contributed by atoms with van der Waals surface area (Å²) in [4.78, 5) is 34.5. The number of urea groups is 1. The molecule has 0 radical (unpaired) electrons. The standard InChI is InChI=1S/C28H34ClN5O2/c1-28(22-9-5-7-20(15-22)21-8-6-10-23(29)16-21)25(35)34(26(30)32-28)18-19-13-14-33(17-19)27(36)31-24-11-3-2-4-12-24/h5-10,15-16,19,24H,2-4,11-14,17-18H2,1H3,(H2,30,32)(H,31,36)/t19-,28?/m0/s1. The zero-order valence-corrected chi connectivity index (χ0v) is 21.5. The van der Waals surface area contributed by atoms with Gasteiger partial charge in [0, 0.05) is 30.7 Å². The highest BCUT2D eigenvalue weighted by Crippen LogP contribution is 2.36. The summed E-state index contributed by atoms with van der Waals surface area (Å²) >= 11 is 6.18. The smallest absolute Gasteiger partial charge is 0.317 e. The average Bonchev–Trinajstić information content (AvgIpc) is 3.44. The topological polar surface area (TPSA) is 91.0 Å². The van der Waals surface area contributed by atoms with Crippen LogP contribution < -0.4 is 11.1 Å². The summed E-state index contributed by atoms with van der Waals surface area (Å²) in [5.74, 6) is 0.272. The van der Waals surface area contributed by atoms with Crippen LogP contribution in [0.5, 0.6) is 0 Å². The summed E-state index contributed by atoms with van der Waals surface area (Å²) in [6.07, 6.45) is 6.60. The molecule has 0 aromatic heterocycles. The second kappa shape index (κ2) is 10.1. The largest absolute Gasteiger partial charge is 0.369 e. The van der Waals surface area contributed by atoms with Crippen molar-refractivity contribution in [3.8, 4) is 11.1 Å². The molecule has 2 aliphatic heterocycles. The van der Waals surface area contributed by atoms with E-state index in [0.717, 1.165) is 36.0 Å². The van der Waals surface area contributed by atoms with Gasteiger partial charge in [-0.05, 0) is 67.0 Å². The number of guanidine groups is 1. The van der Waals surface area contributed by atoms with Gasteiger partial charge in [-0.25, -0.2) is 9.79 Å². The molecular formula is C28H34ClN5O2. The molecule has 2 fully saturated rings. The second-order valence-electron chi connectivity index (χ2n) is 10.4. The van der Waals surface area contributed by atoms with E-state index in [2.05, 4.69) is 10.3 Å². The summed E-state index contributed by atoms with van der Waals surface area (Å²) < 4.78 is 0. The molecule has 2 aromatic carbocycles. The number of amides is 3. The monoisotopic (exact) mass is 507 g/mol. The molecule has 190 valence electrons. The Bertz CT molecular complexity index is 1180. The SMILES string of the molecule is CC1(c2cccc(-c3cccc(Cl)c3)c2)N=C(N)N(C[C@H]2CCN(C(=O)NC3CCCCC3)C2)C1=O. The van der Waals surface area contributed by atoms with E-state index < -0.39 is 5.54 Å². The zero-order chi connectivity index (χ0) is 25.3. The van der Waals surface area contributed by atoms with E-state index in [4.69, 9.17) is 17.3 Å². The van der Waals surface area contributed by atoms with Crippen molar-refractivity contribution >= 4 is 29.5 Å². The van der Waals surface area contributed by atoms with Gasteiger partial charge < -0.3 is 16.0 Å². The number of hydrogen-bond acceptors (Lipinski definition) is 4. The fourth-order valence-electron chi connectivity index (χ4n) is 5.68. The predicted molar refractivity (Wildman–Crippen MR) is 143 cm³/mol. The number of benzene rings is 2. The molecule has 2 heterocycles. The number of nitrogens with zero attached hydrogens (tertiary/aromatic N) is 3. The minimum atomic E-state index is -1.09. The molecule has 5 rings (SSSR count). The van der Waals surface area contributed by atoms with Crippen LogP contribution in [0.1, 0.15) is 51.0 Å². The van der Waals surface area contributed by atoms with Crippen LogP contribution in [-0.2, 0) is 10.3 Å². The average molecular weight is 508 g/mol. The molecule has 1 aliphatic carbocycles. The number of carbonyl (C=O) groups is 2. The Balaban J connectivity index is 1.25. The van der Waals surface area contributed by atoms with E-state index in [1.54, 1.807) is 4.90 Å². The molecule has 36 heavy (non-hydrogen) atoms. The number of halogens is 1. The van der Waals surface area contributed by atoms with Gasteiger partial charge in [-0.15, -0.1) is 0 Å². The van der Waals surface area contributed by atoms with Gasteiger partial charge in [-0.2, -0.15) is 0 Å². The van der Waals surface area contributed by atoms with Crippen LogP contribution in [0.2, 0.25) is 5.02 Å². The third-order valence-electron chi connectivity index (χ3n) is 7.81. The lowest BCUT2D eigenvalue weighted by atomic mass is 9.89. The fraction of sp³-hybridized carbons (Fsp3) is 0.464. The first-order chi connectivity index (χ1) is 17.3. The van der Waals surface area contributed by atoms with Gasteiger partial charge in [0.2, 0.25) is 0 Å². The van der Waals surface area contributed by atoms with Crippen LogP contribution in [-0.4, -0.2) is 53.4 Å². The first kappa shape index (κ1) is 24.6. The third kappa shape index (κ3) is 4.94. The van der Waals surface area contributed by atoms with Crippen LogP contribution in [0, 0.1) is 5.92 Å². The molecule has 1 saturated heterocycles. The van der Waals surface area contributed by atoms with E-state index in [1.165, 1.54) is 19.3 Å². The molecule has 1 unspecified atom stereocenters. The van der Waals surface area contributed by atoms with Crippen molar-refractivity contribution in [2.75, 3.05) is 19.6 Å². The Morgan fingerprint density at radius 3 is 2.58 bits per heavy atom. The lowest BCUT2D eigenvalue weighted by molar-refractivity contribution is -0.131. The molecule has 1 saturated carbocycles. The zero-order valence-electron chi connectivity index (χ0n) is 20.8. The van der Waals surface area contributed by atoms with Crippen molar-refractivity contribution in [1.82, 2.24) is 15.1 Å². The summed E-state index contributed by atoms with van der Waals surface area (Å²) in [5, 5.41) is 3.86. The van der Waals surface area contributed by atoms with Crippen molar-refractivity contribution in [3.05, 3.63) is 59.1 Å². The van der Waals surface area contributed by atoms with Crippen molar-refractivity contribution < 1.29 is 9.59 Å². The summed E-state index contributed by atoms with van der Waals surface area (Å²) in [6.45, 7) is 3.60. The first-order valence-corrected chi connectivity index (χ1v) is 13.3. The van der Waals surface area contributed by atoms with Gasteiger partial charge in [0.25, 0.3) is 5.91 Å². The minimum absolute atomic E-state index is 0.0152. The van der Waals surface area contributed by atoms with Gasteiger partial charge in [0.05, 0.1) is 0 Å². The van der Waals surface area contributed by atoms with Gasteiger partial charge in [0.15, 0.2) is 11.5 Å². The van der Waals surface area contributed by atoms with Crippen LogP contribution in [0.15, 0.2) is 53.5 Å². The van der Waals surface area contributed by atoms with Crippen LogP contribution >= 0.6 is 11.6 Å². The van der Waals surface area contributed by atoms with Crippen molar-refractivity contribution in [1.29, 1.82) is 0 Å². The number of hydrogen-bond donors (Lipinski definition) is 2. The van der Waals surface area contributed by atoms with Crippen molar-refractivity contribution in [2.45, 2.75) is 57.0 Å². The molecule has 2 atom stereocenters. The van der Waals surface area contributed by atoms with E-state index in [-0.39, 0.29) is 29.9 Å². The molecule has 0 spiro atoms. The maximum Gasteiger partial charge on any atom is 0.317 e. The number of nitrogens with one attached hydrogen (secondary N) is 1. The van der Waals surface area contributed by atoms with E-state index >= 15 is 0 Å². The fourth-order valence-corrected chi connectivity index (χ4v) is 5.87. The van der Waals surface area contributed by atoms with Crippen molar-refractivity contribution in [3.63, 3.8) is 0 Å². The minimum Gasteiger partial charge on any atom is -0.369 e. The highest BCUT2D eigenvalue weighted by molar-refractivity contribution is 6.30. The van der Waals surface area contributed by atoms with E-state index in [1.807, 2.05) is 60.4 Å². The number of aliphatic imine (C=N–C) groups is 1. The molecular weight excluding hydrogens is 474 g/mol. The van der Waals surface area contributed by atoms with Gasteiger partial charge >= 0.3 is 6.03 Å². The Kier molecular flexibility index (Phi) is 6.93. The van der Waals surface area contributed by atoms with Gasteiger partial charge in [0.1, 0.15) is 0 Å². The van der Waals surface area contributed by atoms with E-state index in [9.17, 15) is 9.59 Å². The Morgan fingerprint density at radius 1 is 1.11 bits per heavy atom. The van der Waals surface area contributed by atoms with E-state index in [0.29, 0.717) is 24.7 Å². The maximum atomic E-state index is 13.6. The third-order valence-corrected chi connectivity index (χ3v) is 8.04. The quantitative estimate of drug-likeness (QED) is 0.612. The Hall–Kier alpha value is -3.06. The predicted octanol–water partition coefficient (Wildman–Crippen LogP) is 4.74. The normalized spacial score (nSPS) is 24.8. The van der Waals surface area contributed by atoms with Gasteiger partial charge in [-0.3, -0.25) is 9.69 Å². The summed E-state index contributed by atoms with van der Waals surface area (Å²) in [7, 11) is 0. The van der Waals surface area contributed by atoms with Gasteiger partial charge in [-0.1, -0.05) is 61.2 Å². The molecule has 3 N–H and O–H groups in total. The number of rotatable bonds is 5. The first-order valence-electron chi connectivity index (χ1n) is 12.9. The molecule has 7 nitrogen and oxygen atoms in total. The lowest BCUT2D eigenvalue weighted by Gasteiger charge is -2.27. The Morgan fingerprint density at radius 2 is 1.83 bits per heavy atom. The number of nitrogens with two attached hydrogens (primary N) is 1. The molecule has 2 aromatic rings. The maximum absolute atomic E-state index is 13.6. The van der Waals surface area contributed by atoms with Crippen molar-refractivity contribution in [2.24, 2.45) is 16.6 Å². The highest BCUT2D eigenvalue weighted by Gasteiger charge is 2.46. The highest BCUT2D eigenvalue weighted by atomic mass is 35.5. The molecule has 3 aliphatic rings. The molecule has 3 amide bonds. The van der Waals surface area contributed by atoms with Crippen LogP contribution in [0.25, 0.3) is 11.1 Å². The van der Waals surface area contributed by atoms with Crippen LogP contribution in [0.3, 0.4) is 0 Å². The summed E-state index contributed by atoms with van der Waals surface area (Å²) in [6, 6.07) is 15.8. The molecule has 8 heteroatoms.